The van der Waals surface area contributed by atoms with Gasteiger partial charge in [0.25, 0.3) is 0 Å². The number of rotatable bonds is 2. The van der Waals surface area contributed by atoms with Gasteiger partial charge >= 0.3 is 7.12 Å². The van der Waals surface area contributed by atoms with Gasteiger partial charge < -0.3 is 9.31 Å². The van der Waals surface area contributed by atoms with Crippen LogP contribution in [0.5, 0.6) is 11.5 Å². The molecule has 0 fully saturated rings. The first-order valence-corrected chi connectivity index (χ1v) is 5.92. The Balaban J connectivity index is 1.82. The Hall–Kier alpha value is -1.97. The molecule has 2 aromatic rings. The van der Waals surface area contributed by atoms with Gasteiger partial charge in [-0.05, 0) is 29.8 Å². The van der Waals surface area contributed by atoms with E-state index in [-0.39, 0.29) is 11.6 Å². The van der Waals surface area contributed by atoms with E-state index in [1.165, 1.54) is 12.1 Å². The number of benzene rings is 2. The topological polar surface area (TPSA) is 18.5 Å². The summed E-state index contributed by atoms with van der Waals surface area (Å²) in [6.45, 7) is 1.96. The first-order chi connectivity index (χ1) is 8.74. The van der Waals surface area contributed by atoms with Gasteiger partial charge in [0.1, 0.15) is 17.3 Å². The molecule has 0 aliphatic carbocycles. The first-order valence-electron chi connectivity index (χ1n) is 5.92. The van der Waals surface area contributed by atoms with E-state index in [0.717, 1.165) is 17.1 Å². The third kappa shape index (κ3) is 1.94. The fraction of sp³-hybridized carbons (Fsp3) is 0.143. The van der Waals surface area contributed by atoms with Crippen LogP contribution in [0.3, 0.4) is 0 Å². The van der Waals surface area contributed by atoms with E-state index >= 15 is 0 Å². The molecule has 1 aliphatic rings. The molecule has 2 nitrogen and oxygen atoms in total. The highest BCUT2D eigenvalue weighted by Crippen LogP contribution is 2.36. The molecular formula is C14H12BFO2. The van der Waals surface area contributed by atoms with Crippen molar-refractivity contribution in [1.29, 1.82) is 0 Å². The molecule has 2 aromatic carbocycles. The Kier molecular flexibility index (Phi) is 2.71. The molecule has 0 bridgehead atoms. The summed E-state index contributed by atoms with van der Waals surface area (Å²) in [5, 5.41) is 0. The van der Waals surface area contributed by atoms with Crippen molar-refractivity contribution >= 4 is 7.12 Å². The Bertz CT molecular complexity index is 548. The van der Waals surface area contributed by atoms with E-state index in [0.29, 0.717) is 0 Å². The second-order valence-electron chi connectivity index (χ2n) is 4.39. The van der Waals surface area contributed by atoms with Crippen molar-refractivity contribution in [3.05, 3.63) is 59.9 Å². The highest BCUT2D eigenvalue weighted by atomic mass is 19.1. The third-order valence-electron chi connectivity index (χ3n) is 3.12. The van der Waals surface area contributed by atoms with Gasteiger partial charge in [-0.15, -0.1) is 0 Å². The molecule has 0 saturated heterocycles. The van der Waals surface area contributed by atoms with Crippen molar-refractivity contribution < 1.29 is 13.7 Å². The van der Waals surface area contributed by atoms with E-state index in [1.54, 1.807) is 6.07 Å². The monoisotopic (exact) mass is 242 g/mol. The molecule has 4 heteroatoms. The van der Waals surface area contributed by atoms with Crippen molar-refractivity contribution in [2.24, 2.45) is 0 Å². The van der Waals surface area contributed by atoms with Gasteiger partial charge in [-0.2, -0.15) is 0 Å². The number of halogens is 1. The minimum Gasteiger partial charge on any atom is -0.523 e. The highest BCUT2D eigenvalue weighted by Gasteiger charge is 2.38. The van der Waals surface area contributed by atoms with Crippen LogP contribution in [0.25, 0.3) is 0 Å². The Morgan fingerprint density at radius 2 is 1.67 bits per heavy atom. The molecule has 0 spiro atoms. The molecule has 0 saturated carbocycles. The van der Waals surface area contributed by atoms with Gasteiger partial charge in [0.05, 0.1) is 0 Å². The van der Waals surface area contributed by atoms with Crippen molar-refractivity contribution in [3.63, 3.8) is 0 Å². The standard InChI is InChI=1S/C14H12BFO2/c1-10(11-5-4-6-12(16)9-11)15-17-13-7-2-3-8-14(13)18-15/h2-10H,1H3. The zero-order chi connectivity index (χ0) is 12.5. The Morgan fingerprint density at radius 3 is 2.28 bits per heavy atom. The molecule has 90 valence electrons. The van der Waals surface area contributed by atoms with Crippen LogP contribution in [-0.4, -0.2) is 7.12 Å². The van der Waals surface area contributed by atoms with Crippen LogP contribution < -0.4 is 9.31 Å². The zero-order valence-electron chi connectivity index (χ0n) is 9.97. The summed E-state index contributed by atoms with van der Waals surface area (Å²) >= 11 is 0. The van der Waals surface area contributed by atoms with Crippen LogP contribution in [0.15, 0.2) is 48.5 Å². The summed E-state index contributed by atoms with van der Waals surface area (Å²) in [6.07, 6.45) is 0. The van der Waals surface area contributed by atoms with Crippen LogP contribution in [0.2, 0.25) is 0 Å². The molecule has 1 heterocycles. The van der Waals surface area contributed by atoms with Crippen LogP contribution in [0.1, 0.15) is 18.3 Å². The van der Waals surface area contributed by atoms with Crippen LogP contribution in [0, 0.1) is 5.82 Å². The maximum absolute atomic E-state index is 13.2. The average molecular weight is 242 g/mol. The highest BCUT2D eigenvalue weighted by molar-refractivity contribution is 6.49. The SMILES string of the molecule is CC(B1Oc2ccccc2O1)c1cccc(F)c1. The van der Waals surface area contributed by atoms with Gasteiger partial charge in [-0.25, -0.2) is 4.39 Å². The van der Waals surface area contributed by atoms with Crippen LogP contribution >= 0.6 is 0 Å². The van der Waals surface area contributed by atoms with Crippen LogP contribution in [0.4, 0.5) is 4.39 Å². The van der Waals surface area contributed by atoms with E-state index in [1.807, 2.05) is 37.3 Å². The number of fused-ring (bicyclic) bond motifs is 1. The van der Waals surface area contributed by atoms with Crippen molar-refractivity contribution in [1.82, 2.24) is 0 Å². The third-order valence-corrected chi connectivity index (χ3v) is 3.12. The lowest BCUT2D eigenvalue weighted by Crippen LogP contribution is -2.31. The van der Waals surface area contributed by atoms with E-state index in [2.05, 4.69) is 0 Å². The van der Waals surface area contributed by atoms with Gasteiger partial charge in [0.15, 0.2) is 0 Å². The van der Waals surface area contributed by atoms with E-state index < -0.39 is 7.12 Å². The number of para-hydroxylation sites is 2. The van der Waals surface area contributed by atoms with E-state index in [9.17, 15) is 4.39 Å². The van der Waals surface area contributed by atoms with Crippen molar-refractivity contribution in [2.75, 3.05) is 0 Å². The summed E-state index contributed by atoms with van der Waals surface area (Å²) < 4.78 is 24.6. The number of hydrogen-bond donors (Lipinski definition) is 0. The lowest BCUT2D eigenvalue weighted by Gasteiger charge is -2.13. The molecule has 1 aliphatic heterocycles. The predicted molar refractivity (Wildman–Crippen MR) is 68.3 cm³/mol. The minimum atomic E-state index is -0.399. The van der Waals surface area contributed by atoms with Gasteiger partial charge in [-0.1, -0.05) is 31.2 Å². The molecule has 18 heavy (non-hydrogen) atoms. The lowest BCUT2D eigenvalue weighted by molar-refractivity contribution is 0.479. The summed E-state index contributed by atoms with van der Waals surface area (Å²) in [5.74, 6) is 1.21. The zero-order valence-corrected chi connectivity index (χ0v) is 9.97. The molecule has 3 rings (SSSR count). The molecule has 0 N–H and O–H groups in total. The molecule has 0 amide bonds. The van der Waals surface area contributed by atoms with Crippen molar-refractivity contribution in [2.45, 2.75) is 12.7 Å². The Labute approximate surface area is 105 Å². The fourth-order valence-electron chi connectivity index (χ4n) is 2.07. The summed E-state index contributed by atoms with van der Waals surface area (Å²) in [4.78, 5) is 0. The quantitative estimate of drug-likeness (QED) is 0.751. The maximum atomic E-state index is 13.2. The second-order valence-corrected chi connectivity index (χ2v) is 4.39. The van der Waals surface area contributed by atoms with Gasteiger partial charge in [0.2, 0.25) is 0 Å². The number of hydrogen-bond acceptors (Lipinski definition) is 2. The largest absolute Gasteiger partial charge is 0.602 e. The average Bonchev–Trinajstić information content (AvgIpc) is 2.81. The molecule has 1 atom stereocenters. The first kappa shape index (κ1) is 11.1. The fourth-order valence-corrected chi connectivity index (χ4v) is 2.07. The summed E-state index contributed by atoms with van der Waals surface area (Å²) in [5.41, 5.74) is 0.868. The van der Waals surface area contributed by atoms with Gasteiger partial charge in [0, 0.05) is 5.82 Å². The smallest absolute Gasteiger partial charge is 0.523 e. The molecule has 1 unspecified atom stereocenters. The molecule has 0 radical (unpaired) electrons. The summed E-state index contributed by atoms with van der Waals surface area (Å²) in [7, 11) is -0.399. The minimum absolute atomic E-state index is 0.0342. The maximum Gasteiger partial charge on any atom is 0.602 e. The van der Waals surface area contributed by atoms with Crippen molar-refractivity contribution in [3.8, 4) is 11.5 Å². The normalized spacial score (nSPS) is 14.7. The van der Waals surface area contributed by atoms with Crippen LogP contribution in [-0.2, 0) is 0 Å². The van der Waals surface area contributed by atoms with E-state index in [4.69, 9.17) is 9.31 Å². The predicted octanol–water partition coefficient (Wildman–Crippen LogP) is 3.43. The Morgan fingerprint density at radius 1 is 1.00 bits per heavy atom. The molecular weight excluding hydrogens is 230 g/mol. The van der Waals surface area contributed by atoms with Gasteiger partial charge in [-0.3, -0.25) is 0 Å². The lowest BCUT2D eigenvalue weighted by atomic mass is 9.69. The summed E-state index contributed by atoms with van der Waals surface area (Å²) in [6, 6.07) is 14.1. The second kappa shape index (κ2) is 4.37. The molecule has 0 aromatic heterocycles.